The van der Waals surface area contributed by atoms with Crippen LogP contribution in [0.1, 0.15) is 17.5 Å². The predicted molar refractivity (Wildman–Crippen MR) is 51.9 cm³/mol. The monoisotopic (exact) mass is 188 g/mol. The molecule has 2 atom stereocenters. The fourth-order valence-electron chi connectivity index (χ4n) is 2.43. The molecule has 2 aliphatic rings. The van der Waals surface area contributed by atoms with Gasteiger partial charge in [-0.15, -0.1) is 0 Å². The van der Waals surface area contributed by atoms with Crippen LogP contribution in [-0.2, 0) is 14.9 Å². The largest absolute Gasteiger partial charge is 0.464 e. The van der Waals surface area contributed by atoms with Crippen LogP contribution in [0.3, 0.4) is 0 Å². The first-order valence-electron chi connectivity index (χ1n) is 4.96. The van der Waals surface area contributed by atoms with Gasteiger partial charge in [0.15, 0.2) is 0 Å². The van der Waals surface area contributed by atoms with E-state index in [1.54, 1.807) is 0 Å². The van der Waals surface area contributed by atoms with Crippen molar-refractivity contribution in [3.8, 4) is 0 Å². The molecule has 1 aliphatic carbocycles. The van der Waals surface area contributed by atoms with Gasteiger partial charge in [-0.3, -0.25) is 4.79 Å². The Kier molecular flexibility index (Phi) is 1.37. The molecule has 1 heterocycles. The molecule has 1 aliphatic heterocycles. The van der Waals surface area contributed by atoms with E-state index in [-0.39, 0.29) is 17.3 Å². The number of carbonyl (C=O) groups excluding carboxylic acids is 1. The molecule has 1 aromatic carbocycles. The molecule has 2 fully saturated rings. The maximum absolute atomic E-state index is 11.3. The third kappa shape index (κ3) is 0.884. The number of aryl methyl sites for hydroxylation is 1. The van der Waals surface area contributed by atoms with Crippen molar-refractivity contribution in [2.45, 2.75) is 18.8 Å². The maximum Gasteiger partial charge on any atom is 0.310 e. The first-order valence-corrected chi connectivity index (χ1v) is 4.96. The van der Waals surface area contributed by atoms with Gasteiger partial charge in [0, 0.05) is 5.41 Å². The number of fused-ring (bicyclic) bond motifs is 1. The van der Waals surface area contributed by atoms with Gasteiger partial charge in [0.1, 0.15) is 6.61 Å². The SMILES string of the molecule is Cc1cccc([C@@]23COC(=O)[C@@H]2C3)c1. The van der Waals surface area contributed by atoms with E-state index < -0.39 is 0 Å². The average Bonchev–Trinajstić information content (AvgIpc) is 2.83. The van der Waals surface area contributed by atoms with Gasteiger partial charge in [0.05, 0.1) is 5.92 Å². The van der Waals surface area contributed by atoms with Crippen LogP contribution in [-0.4, -0.2) is 12.6 Å². The summed E-state index contributed by atoms with van der Waals surface area (Å²) in [6.07, 6.45) is 0.981. The van der Waals surface area contributed by atoms with E-state index in [1.165, 1.54) is 11.1 Å². The molecule has 2 heteroatoms. The summed E-state index contributed by atoms with van der Waals surface area (Å²) in [5, 5.41) is 0. The lowest BCUT2D eigenvalue weighted by molar-refractivity contribution is -0.140. The molecule has 1 saturated heterocycles. The third-order valence-electron chi connectivity index (χ3n) is 3.42. The van der Waals surface area contributed by atoms with Crippen LogP contribution in [0, 0.1) is 12.8 Å². The second kappa shape index (κ2) is 2.38. The second-order valence-corrected chi connectivity index (χ2v) is 4.39. The zero-order valence-corrected chi connectivity index (χ0v) is 8.12. The zero-order chi connectivity index (χ0) is 9.76. The standard InChI is InChI=1S/C12H12O2/c1-8-3-2-4-9(5-8)12-6-10(12)11(13)14-7-12/h2-5,10H,6-7H2,1H3/t10-,12+/m0/s1. The van der Waals surface area contributed by atoms with Crippen LogP contribution < -0.4 is 0 Å². The summed E-state index contributed by atoms with van der Waals surface area (Å²) in [6, 6.07) is 8.41. The molecule has 0 amide bonds. The highest BCUT2D eigenvalue weighted by atomic mass is 16.5. The molecule has 0 unspecified atom stereocenters. The second-order valence-electron chi connectivity index (χ2n) is 4.39. The predicted octanol–water partition coefficient (Wildman–Crippen LogP) is 1.81. The van der Waals surface area contributed by atoms with E-state index in [9.17, 15) is 4.79 Å². The Morgan fingerprint density at radius 3 is 2.93 bits per heavy atom. The summed E-state index contributed by atoms with van der Waals surface area (Å²) in [5.74, 6) is 0.135. The fraction of sp³-hybridized carbons (Fsp3) is 0.417. The first kappa shape index (κ1) is 8.04. The molecular formula is C12H12O2. The number of hydrogen-bond acceptors (Lipinski definition) is 2. The summed E-state index contributed by atoms with van der Waals surface area (Å²) in [7, 11) is 0. The first-order chi connectivity index (χ1) is 6.72. The van der Waals surface area contributed by atoms with Crippen molar-refractivity contribution in [3.05, 3.63) is 35.4 Å². The molecule has 0 bridgehead atoms. The van der Waals surface area contributed by atoms with Gasteiger partial charge in [-0.25, -0.2) is 0 Å². The van der Waals surface area contributed by atoms with E-state index >= 15 is 0 Å². The van der Waals surface area contributed by atoms with Crippen LogP contribution in [0.2, 0.25) is 0 Å². The van der Waals surface area contributed by atoms with E-state index in [0.717, 1.165) is 6.42 Å². The molecular weight excluding hydrogens is 176 g/mol. The van der Waals surface area contributed by atoms with Crippen LogP contribution in [0.25, 0.3) is 0 Å². The lowest BCUT2D eigenvalue weighted by Crippen LogP contribution is -2.10. The van der Waals surface area contributed by atoms with E-state index in [4.69, 9.17) is 4.74 Å². The summed E-state index contributed by atoms with van der Waals surface area (Å²) in [4.78, 5) is 11.3. The van der Waals surface area contributed by atoms with Crippen molar-refractivity contribution in [1.29, 1.82) is 0 Å². The highest BCUT2D eigenvalue weighted by Gasteiger charge is 2.65. The van der Waals surface area contributed by atoms with Gasteiger partial charge in [-0.05, 0) is 18.9 Å². The highest BCUT2D eigenvalue weighted by Crippen LogP contribution is 2.58. The number of cyclic esters (lactones) is 1. The van der Waals surface area contributed by atoms with Crippen molar-refractivity contribution < 1.29 is 9.53 Å². The summed E-state index contributed by atoms with van der Waals surface area (Å²) in [5.41, 5.74) is 2.57. The van der Waals surface area contributed by atoms with E-state index in [0.29, 0.717) is 6.61 Å². The summed E-state index contributed by atoms with van der Waals surface area (Å²) >= 11 is 0. The van der Waals surface area contributed by atoms with Gasteiger partial charge in [0.25, 0.3) is 0 Å². The normalized spacial score (nSPS) is 33.8. The average molecular weight is 188 g/mol. The van der Waals surface area contributed by atoms with Crippen LogP contribution in [0.15, 0.2) is 24.3 Å². The smallest absolute Gasteiger partial charge is 0.310 e. The molecule has 3 rings (SSSR count). The molecule has 0 N–H and O–H groups in total. The van der Waals surface area contributed by atoms with Crippen molar-refractivity contribution >= 4 is 5.97 Å². The van der Waals surface area contributed by atoms with Gasteiger partial charge in [0.2, 0.25) is 0 Å². The number of benzene rings is 1. The van der Waals surface area contributed by atoms with Gasteiger partial charge < -0.3 is 4.74 Å². The Hall–Kier alpha value is -1.31. The van der Waals surface area contributed by atoms with Crippen molar-refractivity contribution in [1.82, 2.24) is 0 Å². The van der Waals surface area contributed by atoms with Crippen LogP contribution in [0.5, 0.6) is 0 Å². The van der Waals surface area contributed by atoms with Crippen molar-refractivity contribution in [2.24, 2.45) is 5.92 Å². The Morgan fingerprint density at radius 1 is 1.50 bits per heavy atom. The van der Waals surface area contributed by atoms with Gasteiger partial charge >= 0.3 is 5.97 Å². The number of rotatable bonds is 1. The Labute approximate surface area is 82.9 Å². The summed E-state index contributed by atoms with van der Waals surface area (Å²) in [6.45, 7) is 2.66. The molecule has 72 valence electrons. The quantitative estimate of drug-likeness (QED) is 0.628. The molecule has 0 aromatic heterocycles. The Balaban J connectivity index is 2.01. The van der Waals surface area contributed by atoms with E-state index in [1.807, 2.05) is 0 Å². The van der Waals surface area contributed by atoms with Crippen molar-refractivity contribution in [3.63, 3.8) is 0 Å². The zero-order valence-electron chi connectivity index (χ0n) is 8.12. The fourth-order valence-corrected chi connectivity index (χ4v) is 2.43. The lowest BCUT2D eigenvalue weighted by Gasteiger charge is -2.10. The van der Waals surface area contributed by atoms with Gasteiger partial charge in [-0.2, -0.15) is 0 Å². The molecule has 2 nitrogen and oxygen atoms in total. The molecule has 0 spiro atoms. The van der Waals surface area contributed by atoms with Gasteiger partial charge in [-0.1, -0.05) is 29.8 Å². The minimum Gasteiger partial charge on any atom is -0.464 e. The highest BCUT2D eigenvalue weighted by molar-refractivity contribution is 5.82. The lowest BCUT2D eigenvalue weighted by atomic mass is 9.94. The van der Waals surface area contributed by atoms with E-state index in [2.05, 4.69) is 31.2 Å². The Bertz CT molecular complexity index is 411. The Morgan fingerprint density at radius 2 is 2.36 bits per heavy atom. The molecule has 0 radical (unpaired) electrons. The molecule has 1 aromatic rings. The van der Waals surface area contributed by atoms with Crippen LogP contribution >= 0.6 is 0 Å². The van der Waals surface area contributed by atoms with Crippen LogP contribution in [0.4, 0.5) is 0 Å². The topological polar surface area (TPSA) is 26.3 Å². The number of carbonyl (C=O) groups is 1. The number of hydrogen-bond donors (Lipinski definition) is 0. The molecule has 1 saturated carbocycles. The minimum absolute atomic E-state index is 0.00786. The number of ether oxygens (including phenoxy) is 1. The van der Waals surface area contributed by atoms with Crippen molar-refractivity contribution in [2.75, 3.05) is 6.61 Å². The number of esters is 1. The minimum atomic E-state index is -0.00786. The molecule has 14 heavy (non-hydrogen) atoms. The third-order valence-corrected chi connectivity index (χ3v) is 3.42. The summed E-state index contributed by atoms with van der Waals surface area (Å²) < 4.78 is 5.07. The maximum atomic E-state index is 11.3.